The van der Waals surface area contributed by atoms with E-state index in [0.717, 1.165) is 32.4 Å². The molecular formula is C16H29NO. The van der Waals surface area contributed by atoms with Crippen LogP contribution in [-0.4, -0.2) is 23.9 Å². The van der Waals surface area contributed by atoms with E-state index < -0.39 is 0 Å². The van der Waals surface area contributed by atoms with Crippen LogP contribution < -0.4 is 0 Å². The van der Waals surface area contributed by atoms with Gasteiger partial charge < -0.3 is 4.90 Å². The molecule has 0 saturated carbocycles. The van der Waals surface area contributed by atoms with Gasteiger partial charge in [0.25, 0.3) is 0 Å². The van der Waals surface area contributed by atoms with Crippen molar-refractivity contribution in [2.24, 2.45) is 5.92 Å². The summed E-state index contributed by atoms with van der Waals surface area (Å²) in [7, 11) is 0. The Hall–Kier alpha value is -1.05. The van der Waals surface area contributed by atoms with E-state index in [1.807, 2.05) is 11.8 Å². The number of unbranched alkanes of at least 4 members (excludes halogenated alkanes) is 1. The van der Waals surface area contributed by atoms with Crippen molar-refractivity contribution >= 4 is 5.91 Å². The van der Waals surface area contributed by atoms with E-state index in [9.17, 15) is 4.79 Å². The largest absolute Gasteiger partial charge is 0.339 e. The number of amides is 1. The second-order valence-corrected chi connectivity index (χ2v) is 4.97. The molecule has 0 fully saturated rings. The lowest BCUT2D eigenvalue weighted by Gasteiger charge is -2.22. The molecule has 0 aliphatic heterocycles. The molecule has 0 aliphatic carbocycles. The Bertz CT molecular complexity index is 266. The second kappa shape index (κ2) is 11.1. The lowest BCUT2D eigenvalue weighted by Crippen LogP contribution is -2.33. The number of carbonyl (C=O) groups excluding carboxylic acids is 1. The first-order valence-corrected chi connectivity index (χ1v) is 7.19. The maximum Gasteiger partial charge on any atom is 0.222 e. The SMILES string of the molecule is CCC=CCCC=CCN(CC(C)C)C(=O)CC. The van der Waals surface area contributed by atoms with E-state index in [1.54, 1.807) is 0 Å². The Balaban J connectivity index is 3.98. The molecule has 2 heteroatoms. The third-order valence-corrected chi connectivity index (χ3v) is 2.64. The fourth-order valence-electron chi connectivity index (χ4n) is 1.74. The Morgan fingerprint density at radius 3 is 2.17 bits per heavy atom. The number of nitrogens with zero attached hydrogens (tertiary/aromatic N) is 1. The highest BCUT2D eigenvalue weighted by Crippen LogP contribution is 2.02. The van der Waals surface area contributed by atoms with E-state index >= 15 is 0 Å². The zero-order valence-electron chi connectivity index (χ0n) is 12.5. The van der Waals surface area contributed by atoms with Gasteiger partial charge in [-0.25, -0.2) is 0 Å². The summed E-state index contributed by atoms with van der Waals surface area (Å²) in [6.07, 6.45) is 12.6. The molecule has 0 spiro atoms. The number of rotatable bonds is 9. The van der Waals surface area contributed by atoms with E-state index in [0.29, 0.717) is 12.3 Å². The van der Waals surface area contributed by atoms with Crippen LogP contribution in [0.15, 0.2) is 24.3 Å². The fraction of sp³-hybridized carbons (Fsp3) is 0.688. The summed E-state index contributed by atoms with van der Waals surface area (Å²) in [6.45, 7) is 9.97. The van der Waals surface area contributed by atoms with Crippen LogP contribution in [-0.2, 0) is 4.79 Å². The number of allylic oxidation sites excluding steroid dienone is 3. The molecule has 0 bridgehead atoms. The van der Waals surface area contributed by atoms with E-state index in [1.165, 1.54) is 0 Å². The molecular weight excluding hydrogens is 222 g/mol. The summed E-state index contributed by atoms with van der Waals surface area (Å²) in [5, 5.41) is 0. The number of hydrogen-bond donors (Lipinski definition) is 0. The molecule has 2 nitrogen and oxygen atoms in total. The molecule has 0 aromatic heterocycles. The van der Waals surface area contributed by atoms with Gasteiger partial charge >= 0.3 is 0 Å². The maximum absolute atomic E-state index is 11.7. The topological polar surface area (TPSA) is 20.3 Å². The Kier molecular flexibility index (Phi) is 10.4. The summed E-state index contributed by atoms with van der Waals surface area (Å²) >= 11 is 0. The summed E-state index contributed by atoms with van der Waals surface area (Å²) < 4.78 is 0. The Labute approximate surface area is 113 Å². The van der Waals surface area contributed by atoms with Gasteiger partial charge in [0.05, 0.1) is 0 Å². The van der Waals surface area contributed by atoms with Crippen LogP contribution in [0.4, 0.5) is 0 Å². The molecule has 0 radical (unpaired) electrons. The minimum Gasteiger partial charge on any atom is -0.339 e. The van der Waals surface area contributed by atoms with Gasteiger partial charge in [0, 0.05) is 19.5 Å². The molecule has 0 atom stereocenters. The van der Waals surface area contributed by atoms with Gasteiger partial charge in [-0.3, -0.25) is 4.79 Å². The molecule has 0 rings (SSSR count). The van der Waals surface area contributed by atoms with Crippen molar-refractivity contribution in [1.29, 1.82) is 0 Å². The van der Waals surface area contributed by atoms with Crippen molar-refractivity contribution < 1.29 is 4.79 Å². The predicted molar refractivity (Wildman–Crippen MR) is 79.5 cm³/mol. The van der Waals surface area contributed by atoms with E-state index in [4.69, 9.17) is 0 Å². The molecule has 0 saturated heterocycles. The highest BCUT2D eigenvalue weighted by atomic mass is 16.2. The number of carbonyl (C=O) groups is 1. The van der Waals surface area contributed by atoms with Gasteiger partial charge in [0.2, 0.25) is 5.91 Å². The lowest BCUT2D eigenvalue weighted by molar-refractivity contribution is -0.130. The maximum atomic E-state index is 11.7. The highest BCUT2D eigenvalue weighted by molar-refractivity contribution is 5.75. The van der Waals surface area contributed by atoms with Gasteiger partial charge in [-0.05, 0) is 25.2 Å². The van der Waals surface area contributed by atoms with Crippen LogP contribution in [0.5, 0.6) is 0 Å². The Morgan fingerprint density at radius 2 is 1.67 bits per heavy atom. The van der Waals surface area contributed by atoms with Crippen LogP contribution in [0, 0.1) is 5.92 Å². The molecule has 0 unspecified atom stereocenters. The third-order valence-electron chi connectivity index (χ3n) is 2.64. The van der Waals surface area contributed by atoms with Crippen molar-refractivity contribution in [2.75, 3.05) is 13.1 Å². The second-order valence-electron chi connectivity index (χ2n) is 4.97. The average molecular weight is 251 g/mol. The summed E-state index contributed by atoms with van der Waals surface area (Å²) in [5.41, 5.74) is 0. The fourth-order valence-corrected chi connectivity index (χ4v) is 1.74. The molecule has 0 aromatic carbocycles. The number of hydrogen-bond acceptors (Lipinski definition) is 1. The molecule has 18 heavy (non-hydrogen) atoms. The van der Waals surface area contributed by atoms with Crippen LogP contribution in [0.25, 0.3) is 0 Å². The van der Waals surface area contributed by atoms with Crippen molar-refractivity contribution in [3.63, 3.8) is 0 Å². The van der Waals surface area contributed by atoms with Crippen molar-refractivity contribution in [2.45, 2.75) is 53.4 Å². The van der Waals surface area contributed by atoms with Crippen LogP contribution >= 0.6 is 0 Å². The minimum absolute atomic E-state index is 0.249. The van der Waals surface area contributed by atoms with Gasteiger partial charge in [-0.2, -0.15) is 0 Å². The summed E-state index contributed by atoms with van der Waals surface area (Å²) in [6, 6.07) is 0. The lowest BCUT2D eigenvalue weighted by atomic mass is 10.2. The van der Waals surface area contributed by atoms with Crippen LogP contribution in [0.1, 0.15) is 53.4 Å². The highest BCUT2D eigenvalue weighted by Gasteiger charge is 2.10. The van der Waals surface area contributed by atoms with Crippen molar-refractivity contribution in [3.05, 3.63) is 24.3 Å². The standard InChI is InChI=1S/C16H29NO/c1-5-7-8-9-10-11-12-13-17(14-15(3)4)16(18)6-2/h7-8,11-12,15H,5-6,9-10,13-14H2,1-4H3. The summed E-state index contributed by atoms with van der Waals surface area (Å²) in [5.74, 6) is 0.778. The van der Waals surface area contributed by atoms with Gasteiger partial charge in [-0.1, -0.05) is 52.0 Å². The zero-order valence-corrected chi connectivity index (χ0v) is 12.5. The molecule has 0 heterocycles. The predicted octanol–water partition coefficient (Wildman–Crippen LogP) is 4.18. The third kappa shape index (κ3) is 9.03. The van der Waals surface area contributed by atoms with Gasteiger partial charge in [0.1, 0.15) is 0 Å². The smallest absolute Gasteiger partial charge is 0.222 e. The Morgan fingerprint density at radius 1 is 1.06 bits per heavy atom. The normalized spacial score (nSPS) is 11.8. The first-order valence-electron chi connectivity index (χ1n) is 7.19. The van der Waals surface area contributed by atoms with E-state index in [-0.39, 0.29) is 5.91 Å². The zero-order chi connectivity index (χ0) is 13.8. The van der Waals surface area contributed by atoms with Crippen molar-refractivity contribution in [3.8, 4) is 0 Å². The molecule has 0 aromatic rings. The monoisotopic (exact) mass is 251 g/mol. The van der Waals surface area contributed by atoms with Crippen LogP contribution in [0.2, 0.25) is 0 Å². The molecule has 104 valence electrons. The van der Waals surface area contributed by atoms with Gasteiger partial charge in [-0.15, -0.1) is 0 Å². The molecule has 0 N–H and O–H groups in total. The van der Waals surface area contributed by atoms with Crippen LogP contribution in [0.3, 0.4) is 0 Å². The minimum atomic E-state index is 0.249. The van der Waals surface area contributed by atoms with E-state index in [2.05, 4.69) is 45.1 Å². The van der Waals surface area contributed by atoms with Crippen molar-refractivity contribution in [1.82, 2.24) is 4.90 Å². The molecule has 0 aliphatic rings. The van der Waals surface area contributed by atoms with Gasteiger partial charge in [0.15, 0.2) is 0 Å². The molecule has 1 amide bonds. The first kappa shape index (κ1) is 16.9. The quantitative estimate of drug-likeness (QED) is 0.444. The first-order chi connectivity index (χ1) is 8.61. The summed E-state index contributed by atoms with van der Waals surface area (Å²) in [4.78, 5) is 13.7. The average Bonchev–Trinajstić information content (AvgIpc) is 2.34.